The largest absolute Gasteiger partial charge is 0.493 e. The summed E-state index contributed by atoms with van der Waals surface area (Å²) in [7, 11) is 3.23. The molecular formula is C21H30IN3O3. The molecule has 0 unspecified atom stereocenters. The number of benzene rings is 2. The molecule has 0 saturated heterocycles. The van der Waals surface area contributed by atoms with Crippen LogP contribution in [0.3, 0.4) is 0 Å². The van der Waals surface area contributed by atoms with Gasteiger partial charge in [-0.2, -0.15) is 0 Å². The molecule has 0 aliphatic carbocycles. The van der Waals surface area contributed by atoms with Crippen LogP contribution < -0.4 is 25.3 Å². The van der Waals surface area contributed by atoms with Crippen LogP contribution in [0, 0.1) is 0 Å². The lowest BCUT2D eigenvalue weighted by molar-refractivity contribution is 0.242. The van der Waals surface area contributed by atoms with E-state index in [-0.39, 0.29) is 30.1 Å². The van der Waals surface area contributed by atoms with Crippen LogP contribution in [-0.4, -0.2) is 32.8 Å². The summed E-state index contributed by atoms with van der Waals surface area (Å²) in [5.41, 5.74) is 8.17. The molecule has 2 aromatic carbocycles. The number of ether oxygens (including phenoxy) is 3. The van der Waals surface area contributed by atoms with Gasteiger partial charge in [0.1, 0.15) is 5.75 Å². The highest BCUT2D eigenvalue weighted by atomic mass is 127. The molecule has 0 aromatic heterocycles. The van der Waals surface area contributed by atoms with E-state index in [1.165, 1.54) is 5.56 Å². The Labute approximate surface area is 184 Å². The lowest BCUT2D eigenvalue weighted by Gasteiger charge is -2.11. The third kappa shape index (κ3) is 7.84. The highest BCUT2D eigenvalue weighted by Gasteiger charge is 2.04. The van der Waals surface area contributed by atoms with Crippen molar-refractivity contribution in [1.29, 1.82) is 0 Å². The molecule has 6 nitrogen and oxygen atoms in total. The lowest BCUT2D eigenvalue weighted by atomic mass is 10.1. The molecule has 7 heteroatoms. The Balaban J connectivity index is 0.00000392. The standard InChI is InChI=1S/C21H29N3O3.HI/c1-15(2)27-18-8-5-16(6-9-18)11-12-23-21(22)24-14-17-7-10-19(25-3)20(13-17)26-4;/h5-10,13,15H,11-12,14H2,1-4H3,(H3,22,23,24);1H. The normalized spacial score (nSPS) is 11.0. The molecule has 0 amide bonds. The van der Waals surface area contributed by atoms with Crippen molar-refractivity contribution in [3.05, 3.63) is 53.6 Å². The third-order valence-electron chi connectivity index (χ3n) is 3.89. The van der Waals surface area contributed by atoms with Crippen molar-refractivity contribution >= 4 is 29.9 Å². The zero-order valence-corrected chi connectivity index (χ0v) is 19.2. The monoisotopic (exact) mass is 499 g/mol. The molecule has 2 aromatic rings. The fraction of sp³-hybridized carbons (Fsp3) is 0.381. The van der Waals surface area contributed by atoms with Crippen LogP contribution in [-0.2, 0) is 13.0 Å². The Kier molecular flexibility index (Phi) is 10.5. The minimum atomic E-state index is 0. The number of nitrogens with one attached hydrogen (secondary N) is 1. The van der Waals surface area contributed by atoms with Crippen LogP contribution in [0.5, 0.6) is 17.2 Å². The topological polar surface area (TPSA) is 78.1 Å². The molecule has 154 valence electrons. The number of aliphatic imine (C=N–C) groups is 1. The molecule has 3 N–H and O–H groups in total. The summed E-state index contributed by atoms with van der Waals surface area (Å²) in [6.07, 6.45) is 1.04. The number of rotatable bonds is 9. The van der Waals surface area contributed by atoms with Gasteiger partial charge in [0, 0.05) is 6.54 Å². The van der Waals surface area contributed by atoms with E-state index in [0.717, 1.165) is 17.7 Å². The predicted molar refractivity (Wildman–Crippen MR) is 124 cm³/mol. The molecule has 0 bridgehead atoms. The van der Waals surface area contributed by atoms with Crippen molar-refractivity contribution in [1.82, 2.24) is 5.32 Å². The van der Waals surface area contributed by atoms with E-state index in [4.69, 9.17) is 19.9 Å². The highest BCUT2D eigenvalue weighted by Crippen LogP contribution is 2.27. The molecule has 0 spiro atoms. The van der Waals surface area contributed by atoms with Crippen LogP contribution in [0.25, 0.3) is 0 Å². The lowest BCUT2D eigenvalue weighted by Crippen LogP contribution is -2.33. The summed E-state index contributed by atoms with van der Waals surface area (Å²) in [6.45, 7) is 5.22. The van der Waals surface area contributed by atoms with Gasteiger partial charge in [-0.15, -0.1) is 24.0 Å². The maximum absolute atomic E-state index is 5.95. The molecule has 28 heavy (non-hydrogen) atoms. The third-order valence-corrected chi connectivity index (χ3v) is 3.89. The van der Waals surface area contributed by atoms with Crippen LogP contribution in [0.15, 0.2) is 47.5 Å². The van der Waals surface area contributed by atoms with E-state index in [0.29, 0.717) is 30.5 Å². The van der Waals surface area contributed by atoms with Crippen molar-refractivity contribution in [2.45, 2.75) is 32.9 Å². The first-order valence-electron chi connectivity index (χ1n) is 9.02. The molecule has 0 saturated carbocycles. The van der Waals surface area contributed by atoms with E-state index in [1.807, 2.05) is 44.2 Å². The van der Waals surface area contributed by atoms with Crippen LogP contribution in [0.2, 0.25) is 0 Å². The van der Waals surface area contributed by atoms with Crippen molar-refractivity contribution in [3.8, 4) is 17.2 Å². The van der Waals surface area contributed by atoms with Crippen molar-refractivity contribution in [2.75, 3.05) is 20.8 Å². The minimum Gasteiger partial charge on any atom is -0.493 e. The minimum absolute atomic E-state index is 0. The van der Waals surface area contributed by atoms with E-state index in [2.05, 4.69) is 22.4 Å². The van der Waals surface area contributed by atoms with Crippen molar-refractivity contribution in [3.63, 3.8) is 0 Å². The van der Waals surface area contributed by atoms with Gasteiger partial charge in [0.2, 0.25) is 0 Å². The van der Waals surface area contributed by atoms with E-state index in [9.17, 15) is 0 Å². The number of methoxy groups -OCH3 is 2. The smallest absolute Gasteiger partial charge is 0.188 e. The van der Waals surface area contributed by atoms with E-state index in [1.54, 1.807) is 14.2 Å². The molecule has 0 aliphatic rings. The van der Waals surface area contributed by atoms with Gasteiger partial charge in [-0.3, -0.25) is 0 Å². The maximum atomic E-state index is 5.95. The van der Waals surface area contributed by atoms with Gasteiger partial charge >= 0.3 is 0 Å². The van der Waals surface area contributed by atoms with Crippen LogP contribution >= 0.6 is 24.0 Å². The van der Waals surface area contributed by atoms with Gasteiger partial charge < -0.3 is 25.3 Å². The summed E-state index contributed by atoms with van der Waals surface area (Å²) < 4.78 is 16.2. The predicted octanol–water partition coefficient (Wildman–Crippen LogP) is 3.76. The maximum Gasteiger partial charge on any atom is 0.188 e. The molecule has 0 atom stereocenters. The summed E-state index contributed by atoms with van der Waals surface area (Å²) in [5, 5.41) is 3.14. The second-order valence-corrected chi connectivity index (χ2v) is 6.38. The van der Waals surface area contributed by atoms with Crippen molar-refractivity contribution in [2.24, 2.45) is 10.7 Å². The number of nitrogens with two attached hydrogens (primary N) is 1. The van der Waals surface area contributed by atoms with Crippen LogP contribution in [0.1, 0.15) is 25.0 Å². The zero-order chi connectivity index (χ0) is 19.6. The highest BCUT2D eigenvalue weighted by molar-refractivity contribution is 14.0. The SMILES string of the molecule is COc1ccc(CN=C(N)NCCc2ccc(OC(C)C)cc2)cc1OC.I. The van der Waals surface area contributed by atoms with Gasteiger partial charge in [-0.25, -0.2) is 4.99 Å². The Bertz CT molecular complexity index is 749. The molecule has 0 aliphatic heterocycles. The zero-order valence-electron chi connectivity index (χ0n) is 16.9. The molecule has 0 heterocycles. The quantitative estimate of drug-likeness (QED) is 0.312. The fourth-order valence-electron chi connectivity index (χ4n) is 2.55. The number of guanidine groups is 1. The summed E-state index contributed by atoms with van der Waals surface area (Å²) in [4.78, 5) is 4.37. The first kappa shape index (κ1) is 23.9. The van der Waals surface area contributed by atoms with Crippen molar-refractivity contribution < 1.29 is 14.2 Å². The second kappa shape index (κ2) is 12.3. The second-order valence-electron chi connectivity index (χ2n) is 6.38. The first-order valence-corrected chi connectivity index (χ1v) is 9.02. The van der Waals surface area contributed by atoms with Gasteiger partial charge in [-0.05, 0) is 55.7 Å². The van der Waals surface area contributed by atoms with Gasteiger partial charge in [-0.1, -0.05) is 18.2 Å². The van der Waals surface area contributed by atoms with Crippen LogP contribution in [0.4, 0.5) is 0 Å². The molecular weight excluding hydrogens is 469 g/mol. The van der Waals surface area contributed by atoms with Gasteiger partial charge in [0.25, 0.3) is 0 Å². The average molecular weight is 499 g/mol. The Morgan fingerprint density at radius 1 is 1.00 bits per heavy atom. The summed E-state index contributed by atoms with van der Waals surface area (Å²) >= 11 is 0. The molecule has 0 fully saturated rings. The molecule has 0 radical (unpaired) electrons. The van der Waals surface area contributed by atoms with E-state index < -0.39 is 0 Å². The Morgan fingerprint density at radius 3 is 2.25 bits per heavy atom. The van der Waals surface area contributed by atoms with Gasteiger partial charge in [0.05, 0.1) is 26.9 Å². The number of nitrogens with zero attached hydrogens (tertiary/aromatic N) is 1. The first-order chi connectivity index (χ1) is 13.0. The Morgan fingerprint density at radius 2 is 1.64 bits per heavy atom. The number of hydrogen-bond acceptors (Lipinski definition) is 4. The summed E-state index contributed by atoms with van der Waals surface area (Å²) in [5.74, 6) is 2.69. The fourth-order valence-corrected chi connectivity index (χ4v) is 2.55. The van der Waals surface area contributed by atoms with E-state index >= 15 is 0 Å². The molecule has 2 rings (SSSR count). The summed E-state index contributed by atoms with van der Waals surface area (Å²) in [6, 6.07) is 13.8. The average Bonchev–Trinajstić information content (AvgIpc) is 2.67. The number of hydrogen-bond donors (Lipinski definition) is 2. The Hall–Kier alpha value is -2.16. The van der Waals surface area contributed by atoms with Gasteiger partial charge in [0.15, 0.2) is 17.5 Å². The number of halogens is 1.